The van der Waals surface area contributed by atoms with Crippen LogP contribution in [-0.4, -0.2) is 93.4 Å². The number of fused-ring (bicyclic) bond motifs is 1. The number of ether oxygens (including phenoxy) is 3. The number of nitrogens with one attached hydrogen (secondary N) is 2. The molecule has 0 unspecified atom stereocenters. The number of aliphatic hydroxyl groups excluding tert-OH is 1. The molecule has 0 aromatic heterocycles. The van der Waals surface area contributed by atoms with E-state index >= 15 is 0 Å². The number of aryl methyl sites for hydroxylation is 1. The van der Waals surface area contributed by atoms with E-state index in [2.05, 4.69) is 10.6 Å². The van der Waals surface area contributed by atoms with Crippen LogP contribution in [-0.2, 0) is 14.8 Å². The molecule has 0 aliphatic carbocycles. The Bertz CT molecular complexity index is 1680. The number of carbonyl (C=O) groups excluding carboxylic acids is 2. The van der Waals surface area contributed by atoms with E-state index in [4.69, 9.17) is 14.2 Å². The van der Waals surface area contributed by atoms with E-state index in [1.807, 2.05) is 20.8 Å². The minimum absolute atomic E-state index is 0.0698. The van der Waals surface area contributed by atoms with Gasteiger partial charge in [0.05, 0.1) is 42.4 Å². The quantitative estimate of drug-likeness (QED) is 0.254. The Labute approximate surface area is 295 Å². The van der Waals surface area contributed by atoms with Crippen LogP contribution in [0.5, 0.6) is 11.5 Å². The molecule has 1 aliphatic heterocycles. The van der Waals surface area contributed by atoms with Gasteiger partial charge in [0.25, 0.3) is 5.91 Å². The Morgan fingerprint density at radius 2 is 1.70 bits per heavy atom. The van der Waals surface area contributed by atoms with Crippen LogP contribution >= 0.6 is 0 Å². The first-order valence-corrected chi connectivity index (χ1v) is 18.4. The molecule has 3 aromatic rings. The molecule has 0 radical (unpaired) electrons. The van der Waals surface area contributed by atoms with Crippen LogP contribution in [0.2, 0.25) is 0 Å². The lowest BCUT2D eigenvalue weighted by Gasteiger charge is -2.35. The predicted octanol–water partition coefficient (Wildman–Crippen LogP) is 5.76. The second kappa shape index (κ2) is 17.7. The number of sulfonamides is 1. The van der Waals surface area contributed by atoms with Gasteiger partial charge in [-0.2, -0.15) is 4.31 Å². The monoisotopic (exact) mass is 710 g/mol. The molecule has 0 fully saturated rings. The van der Waals surface area contributed by atoms with Crippen LogP contribution in [0.15, 0.2) is 71.6 Å². The molecule has 0 saturated carbocycles. The van der Waals surface area contributed by atoms with Gasteiger partial charge in [-0.05, 0) is 94.6 Å². The van der Waals surface area contributed by atoms with E-state index in [1.165, 1.54) is 11.4 Å². The minimum atomic E-state index is -3.80. The van der Waals surface area contributed by atoms with Gasteiger partial charge in [0.15, 0.2) is 0 Å². The fraction of sp³-hybridized carbons (Fsp3) is 0.459. The number of hydrogen-bond acceptors (Lipinski definition) is 8. The molecule has 1 heterocycles. The van der Waals surface area contributed by atoms with E-state index in [9.17, 15) is 23.1 Å². The Kier molecular flexibility index (Phi) is 13.6. The molecule has 50 heavy (non-hydrogen) atoms. The van der Waals surface area contributed by atoms with Crippen LogP contribution in [0.3, 0.4) is 0 Å². The summed E-state index contributed by atoms with van der Waals surface area (Å²) >= 11 is 0. The van der Waals surface area contributed by atoms with Crippen LogP contribution in [0, 0.1) is 12.8 Å². The average molecular weight is 711 g/mol. The third-order valence-electron chi connectivity index (χ3n) is 8.82. The van der Waals surface area contributed by atoms with E-state index in [-0.39, 0.29) is 42.2 Å². The van der Waals surface area contributed by atoms with E-state index in [1.54, 1.807) is 85.7 Å². The lowest BCUT2D eigenvalue weighted by Crippen LogP contribution is -2.48. The van der Waals surface area contributed by atoms with Crippen molar-refractivity contribution in [3.63, 3.8) is 0 Å². The predicted molar refractivity (Wildman–Crippen MR) is 194 cm³/mol. The van der Waals surface area contributed by atoms with Gasteiger partial charge < -0.3 is 34.9 Å². The van der Waals surface area contributed by atoms with Crippen LogP contribution in [0.4, 0.5) is 16.2 Å². The number of methoxy groups -OCH3 is 1. The van der Waals surface area contributed by atoms with Gasteiger partial charge in [-0.25, -0.2) is 13.2 Å². The molecular formula is C37H50N4O8S. The van der Waals surface area contributed by atoms with E-state index in [0.29, 0.717) is 35.9 Å². The minimum Gasteiger partial charge on any atom is -0.497 e. The van der Waals surface area contributed by atoms with Crippen molar-refractivity contribution in [2.45, 2.75) is 70.1 Å². The number of benzene rings is 3. The highest BCUT2D eigenvalue weighted by atomic mass is 32.2. The molecule has 13 heteroatoms. The van der Waals surface area contributed by atoms with Crippen molar-refractivity contribution < 1.29 is 37.3 Å². The number of aliphatic hydroxyl groups is 1. The molecule has 3 N–H and O–H groups in total. The van der Waals surface area contributed by atoms with Crippen molar-refractivity contribution in [1.29, 1.82) is 0 Å². The zero-order valence-corrected chi connectivity index (χ0v) is 30.5. The van der Waals surface area contributed by atoms with Crippen molar-refractivity contribution in [3.05, 3.63) is 77.9 Å². The third-order valence-corrected chi connectivity index (χ3v) is 10.7. The Morgan fingerprint density at radius 1 is 1.04 bits per heavy atom. The molecule has 0 saturated heterocycles. The van der Waals surface area contributed by atoms with Gasteiger partial charge in [-0.3, -0.25) is 4.79 Å². The summed E-state index contributed by atoms with van der Waals surface area (Å²) in [4.78, 5) is 29.0. The smallest absolute Gasteiger partial charge is 0.323 e. The molecule has 272 valence electrons. The fourth-order valence-corrected chi connectivity index (χ4v) is 6.86. The van der Waals surface area contributed by atoms with Crippen molar-refractivity contribution in [2.75, 3.05) is 51.1 Å². The summed E-state index contributed by atoms with van der Waals surface area (Å²) in [7, 11) is -0.706. The second-order valence-corrected chi connectivity index (χ2v) is 15.0. The lowest BCUT2D eigenvalue weighted by atomic mass is 10.0. The highest BCUT2D eigenvalue weighted by Crippen LogP contribution is 2.29. The lowest BCUT2D eigenvalue weighted by molar-refractivity contribution is -0.00833. The Morgan fingerprint density at radius 3 is 2.36 bits per heavy atom. The largest absolute Gasteiger partial charge is 0.497 e. The van der Waals surface area contributed by atoms with Gasteiger partial charge in [-0.15, -0.1) is 0 Å². The van der Waals surface area contributed by atoms with Crippen molar-refractivity contribution in [2.24, 2.45) is 5.92 Å². The van der Waals surface area contributed by atoms with E-state index < -0.39 is 34.1 Å². The topological polar surface area (TPSA) is 147 Å². The first kappa shape index (κ1) is 38.6. The number of carbonyl (C=O) groups is 2. The number of rotatable bonds is 9. The molecule has 12 nitrogen and oxygen atoms in total. The van der Waals surface area contributed by atoms with Gasteiger partial charge in [0.1, 0.15) is 11.5 Å². The second-order valence-electron chi connectivity index (χ2n) is 12.9. The fourth-order valence-electron chi connectivity index (χ4n) is 5.67. The summed E-state index contributed by atoms with van der Waals surface area (Å²) < 4.78 is 46.1. The SMILES string of the molecule is COc1ccc(NC(=O)Nc2ccc3c(c2)C(=O)N([C@@H](C)CO)C[C@@H](C)[C@@H](CN(C)S(=O)(=O)c2ccc(C)cc2)OCCCC[C@H](C)O3)cc1. The maximum atomic E-state index is 14.4. The molecule has 3 aromatic carbocycles. The number of urea groups is 1. The molecular weight excluding hydrogens is 660 g/mol. The van der Waals surface area contributed by atoms with Crippen LogP contribution < -0.4 is 20.1 Å². The van der Waals surface area contributed by atoms with Gasteiger partial charge in [0.2, 0.25) is 10.0 Å². The number of amides is 3. The summed E-state index contributed by atoms with van der Waals surface area (Å²) in [5, 5.41) is 15.8. The van der Waals surface area contributed by atoms with Crippen LogP contribution in [0.1, 0.15) is 56.0 Å². The average Bonchev–Trinajstić information content (AvgIpc) is 3.09. The zero-order chi connectivity index (χ0) is 36.4. The summed E-state index contributed by atoms with van der Waals surface area (Å²) in [5.74, 6) is 0.283. The first-order valence-electron chi connectivity index (χ1n) is 16.9. The third kappa shape index (κ3) is 10.2. The Hall–Kier alpha value is -4.17. The van der Waals surface area contributed by atoms with Gasteiger partial charge >= 0.3 is 6.03 Å². The summed E-state index contributed by atoms with van der Waals surface area (Å²) in [6, 6.07) is 17.4. The molecule has 0 spiro atoms. The zero-order valence-electron chi connectivity index (χ0n) is 29.7. The molecule has 0 bridgehead atoms. The maximum absolute atomic E-state index is 14.4. The maximum Gasteiger partial charge on any atom is 0.323 e. The normalized spacial score (nSPS) is 19.9. The molecule has 4 rings (SSSR count). The molecule has 3 amide bonds. The standard InChI is InChI=1S/C37H50N4O8S/c1-25-10-17-32(18-11-25)50(45,46)40(5)23-35-26(2)22-41(27(3)24-42)36(43)33-21-30(14-19-34(33)49-28(4)9-7-8-20-48-35)39-37(44)38-29-12-15-31(47-6)16-13-29/h10-19,21,26-28,35,42H,7-9,20,22-24H2,1-6H3,(H2,38,39,44)/t26-,27+,28+,35-/m1/s1. The summed E-state index contributed by atoms with van der Waals surface area (Å²) in [6.07, 6.45) is 1.44. The van der Waals surface area contributed by atoms with Gasteiger partial charge in [0, 0.05) is 44.0 Å². The number of hydrogen-bond donors (Lipinski definition) is 3. The number of likely N-dealkylation sites (N-methyl/N-ethyl adjacent to an activating group) is 1. The van der Waals surface area contributed by atoms with Crippen molar-refractivity contribution >= 4 is 33.3 Å². The number of nitrogens with zero attached hydrogens (tertiary/aromatic N) is 2. The highest BCUT2D eigenvalue weighted by Gasteiger charge is 2.32. The molecule has 4 atom stereocenters. The number of anilines is 2. The van der Waals surface area contributed by atoms with Gasteiger partial charge in [-0.1, -0.05) is 24.6 Å². The summed E-state index contributed by atoms with van der Waals surface area (Å²) in [6.45, 7) is 7.82. The van der Waals surface area contributed by atoms with Crippen LogP contribution in [0.25, 0.3) is 0 Å². The highest BCUT2D eigenvalue weighted by molar-refractivity contribution is 7.89. The van der Waals surface area contributed by atoms with Crippen molar-refractivity contribution in [1.82, 2.24) is 9.21 Å². The summed E-state index contributed by atoms with van der Waals surface area (Å²) in [5.41, 5.74) is 2.11. The first-order chi connectivity index (χ1) is 23.8. The Balaban J connectivity index is 1.61. The van der Waals surface area contributed by atoms with Crippen molar-refractivity contribution in [3.8, 4) is 11.5 Å². The molecule has 1 aliphatic rings. The van der Waals surface area contributed by atoms with E-state index in [0.717, 1.165) is 18.4 Å².